The summed E-state index contributed by atoms with van der Waals surface area (Å²) in [7, 11) is 0.645. The van der Waals surface area contributed by atoms with Crippen LogP contribution in [0.1, 0.15) is 46.0 Å². The average molecular weight is 373 g/mol. The smallest absolute Gasteiger partial charge is 0.459 e. The Morgan fingerprint density at radius 2 is 2.00 bits per heavy atom. The molecule has 2 rings (SSSR count). The molecule has 144 valence electrons. The van der Waals surface area contributed by atoms with Gasteiger partial charge in [-0.15, -0.1) is 0 Å². The van der Waals surface area contributed by atoms with E-state index >= 15 is 0 Å². The van der Waals surface area contributed by atoms with Crippen LogP contribution >= 0.6 is 0 Å². The van der Waals surface area contributed by atoms with Crippen molar-refractivity contribution in [1.29, 1.82) is 0 Å². The molecule has 1 heterocycles. The van der Waals surface area contributed by atoms with Crippen LogP contribution in [-0.4, -0.2) is 53.9 Å². The average Bonchev–Trinajstić information content (AvgIpc) is 3.36. The monoisotopic (exact) mass is 372 g/mol. The number of fused-ring (bicyclic) bond motifs is 1. The third kappa shape index (κ3) is 6.18. The number of ether oxygens (including phenoxy) is 2. The molecule has 0 N–H and O–H groups in total. The van der Waals surface area contributed by atoms with Crippen LogP contribution < -0.4 is 0 Å². The van der Waals surface area contributed by atoms with Crippen LogP contribution in [0.3, 0.4) is 0 Å². The number of carbonyl (C=O) groups is 1. The van der Waals surface area contributed by atoms with E-state index in [1.165, 1.54) is 12.8 Å². The number of carbonyl (C=O) groups excluding carboxylic acids is 1. The van der Waals surface area contributed by atoms with Gasteiger partial charge in [0, 0.05) is 38.9 Å². The lowest BCUT2D eigenvalue weighted by molar-refractivity contribution is -0.143. The number of esters is 1. The Morgan fingerprint density at radius 1 is 1.28 bits per heavy atom. The van der Waals surface area contributed by atoms with Crippen LogP contribution in [0.15, 0.2) is 12.2 Å². The molecule has 0 amide bonds. The van der Waals surface area contributed by atoms with E-state index in [0.29, 0.717) is 36.7 Å². The molecule has 0 aromatic rings. The van der Waals surface area contributed by atoms with E-state index in [1.54, 1.807) is 21.1 Å². The fourth-order valence-corrected chi connectivity index (χ4v) is 5.48. The van der Waals surface area contributed by atoms with Gasteiger partial charge in [0.25, 0.3) is 0 Å². The van der Waals surface area contributed by atoms with Gasteiger partial charge in [0.1, 0.15) is 6.10 Å². The summed E-state index contributed by atoms with van der Waals surface area (Å²) in [5, 5.41) is 0. The van der Waals surface area contributed by atoms with E-state index in [2.05, 4.69) is 6.58 Å². The predicted octanol–water partition coefficient (Wildman–Crippen LogP) is 3.09. The van der Waals surface area contributed by atoms with Crippen molar-refractivity contribution in [1.82, 2.24) is 0 Å². The van der Waals surface area contributed by atoms with Crippen LogP contribution in [0.5, 0.6) is 0 Å². The zero-order valence-corrected chi connectivity index (χ0v) is 16.9. The van der Waals surface area contributed by atoms with Crippen molar-refractivity contribution in [2.75, 3.05) is 20.8 Å². The second kappa shape index (κ2) is 9.28. The van der Waals surface area contributed by atoms with Crippen molar-refractivity contribution in [2.45, 2.75) is 70.3 Å². The molecule has 1 aliphatic heterocycles. The van der Waals surface area contributed by atoms with Crippen molar-refractivity contribution in [3.05, 3.63) is 12.2 Å². The standard InChI is InChI=1S/C18H32O6Si/c1-13(2)18(19)23-14(3)8-10-22-25(20-4,21-5)11-9-15-6-7-16-17(12-15)24-16/h14-17H,1,6-12H2,2-5H3. The van der Waals surface area contributed by atoms with Crippen LogP contribution in [0.4, 0.5) is 0 Å². The summed E-state index contributed by atoms with van der Waals surface area (Å²) in [6.07, 6.45) is 5.97. The summed E-state index contributed by atoms with van der Waals surface area (Å²) < 4.78 is 28.2. The summed E-state index contributed by atoms with van der Waals surface area (Å²) in [5.41, 5.74) is 0.402. The van der Waals surface area contributed by atoms with Crippen molar-refractivity contribution in [3.8, 4) is 0 Å². The van der Waals surface area contributed by atoms with Crippen LogP contribution in [0.2, 0.25) is 6.04 Å². The molecule has 4 unspecified atom stereocenters. The molecule has 2 aliphatic rings. The third-order valence-electron chi connectivity index (χ3n) is 5.10. The van der Waals surface area contributed by atoms with Gasteiger partial charge >= 0.3 is 14.8 Å². The maximum absolute atomic E-state index is 11.5. The first-order chi connectivity index (χ1) is 11.9. The van der Waals surface area contributed by atoms with Crippen molar-refractivity contribution < 1.29 is 27.5 Å². The Bertz CT molecular complexity index is 464. The molecule has 4 atom stereocenters. The second-order valence-corrected chi connectivity index (χ2v) is 10.1. The van der Waals surface area contributed by atoms with Crippen LogP contribution in [0.25, 0.3) is 0 Å². The molecule has 2 fully saturated rings. The number of epoxide rings is 1. The lowest BCUT2D eigenvalue weighted by Crippen LogP contribution is -2.44. The highest BCUT2D eigenvalue weighted by atomic mass is 28.4. The summed E-state index contributed by atoms with van der Waals surface area (Å²) >= 11 is 0. The largest absolute Gasteiger partial charge is 0.500 e. The first-order valence-electron chi connectivity index (χ1n) is 9.15. The van der Waals surface area contributed by atoms with Gasteiger partial charge in [0.15, 0.2) is 0 Å². The summed E-state index contributed by atoms with van der Waals surface area (Å²) in [5.74, 6) is 0.298. The SMILES string of the molecule is C=C(C)C(=O)OC(C)CCO[Si](CCC1CCC2OC2C1)(OC)OC. The van der Waals surface area contributed by atoms with Crippen LogP contribution in [0, 0.1) is 5.92 Å². The zero-order chi connectivity index (χ0) is 18.4. The van der Waals surface area contributed by atoms with E-state index in [0.717, 1.165) is 18.9 Å². The Labute approximate surface area is 152 Å². The van der Waals surface area contributed by atoms with E-state index in [4.69, 9.17) is 22.8 Å². The summed E-state index contributed by atoms with van der Waals surface area (Å²) in [6, 6.07) is 0.808. The molecule has 1 saturated carbocycles. The molecule has 0 radical (unpaired) electrons. The minimum atomic E-state index is -2.66. The quantitative estimate of drug-likeness (QED) is 0.240. The van der Waals surface area contributed by atoms with Crippen molar-refractivity contribution >= 4 is 14.8 Å². The molecule has 6 nitrogen and oxygen atoms in total. The fraction of sp³-hybridized carbons (Fsp3) is 0.833. The van der Waals surface area contributed by atoms with E-state index in [1.807, 2.05) is 6.92 Å². The molecule has 1 aliphatic carbocycles. The van der Waals surface area contributed by atoms with E-state index < -0.39 is 8.80 Å². The Balaban J connectivity index is 1.72. The molecule has 7 heteroatoms. The molecule has 1 saturated heterocycles. The zero-order valence-electron chi connectivity index (χ0n) is 15.9. The fourth-order valence-electron chi connectivity index (χ4n) is 3.33. The third-order valence-corrected chi connectivity index (χ3v) is 7.89. The molecule has 25 heavy (non-hydrogen) atoms. The Morgan fingerprint density at radius 3 is 2.60 bits per heavy atom. The van der Waals surface area contributed by atoms with Crippen molar-refractivity contribution in [2.24, 2.45) is 5.92 Å². The number of rotatable bonds is 11. The molecular weight excluding hydrogens is 340 g/mol. The highest BCUT2D eigenvalue weighted by Gasteiger charge is 2.45. The van der Waals surface area contributed by atoms with Gasteiger partial charge in [-0.2, -0.15) is 0 Å². The van der Waals surface area contributed by atoms with Gasteiger partial charge in [0.2, 0.25) is 0 Å². The highest BCUT2D eigenvalue weighted by Crippen LogP contribution is 2.41. The molecule has 0 aromatic heterocycles. The van der Waals surface area contributed by atoms with Gasteiger partial charge in [-0.25, -0.2) is 4.79 Å². The van der Waals surface area contributed by atoms with Gasteiger partial charge in [-0.1, -0.05) is 6.58 Å². The normalized spacial score (nSPS) is 26.6. The van der Waals surface area contributed by atoms with Gasteiger partial charge in [-0.05, 0) is 45.4 Å². The maximum atomic E-state index is 11.5. The molecule has 0 spiro atoms. The molecule has 0 aromatic carbocycles. The minimum Gasteiger partial charge on any atom is -0.459 e. The second-order valence-electron chi connectivity index (χ2n) is 7.16. The van der Waals surface area contributed by atoms with Crippen molar-refractivity contribution in [3.63, 3.8) is 0 Å². The van der Waals surface area contributed by atoms with Gasteiger partial charge in [-0.3, -0.25) is 0 Å². The number of hydrogen-bond acceptors (Lipinski definition) is 6. The van der Waals surface area contributed by atoms with E-state index in [9.17, 15) is 4.79 Å². The molecular formula is C18H32O6Si. The lowest BCUT2D eigenvalue weighted by Gasteiger charge is -2.29. The summed E-state index contributed by atoms with van der Waals surface area (Å²) in [4.78, 5) is 11.5. The van der Waals surface area contributed by atoms with Gasteiger partial charge < -0.3 is 22.8 Å². The van der Waals surface area contributed by atoms with Crippen LogP contribution in [-0.2, 0) is 27.5 Å². The number of hydrogen-bond donors (Lipinski definition) is 0. The van der Waals surface area contributed by atoms with Gasteiger partial charge in [0.05, 0.1) is 12.2 Å². The Kier molecular flexibility index (Phi) is 7.63. The summed E-state index contributed by atoms with van der Waals surface area (Å²) in [6.45, 7) is 7.51. The first-order valence-corrected chi connectivity index (χ1v) is 11.1. The lowest BCUT2D eigenvalue weighted by atomic mass is 9.88. The highest BCUT2D eigenvalue weighted by molar-refractivity contribution is 6.60. The maximum Gasteiger partial charge on any atom is 0.500 e. The van der Waals surface area contributed by atoms with E-state index in [-0.39, 0.29) is 12.1 Å². The first kappa shape index (κ1) is 20.6. The minimum absolute atomic E-state index is 0.230. The Hall–Kier alpha value is -0.733. The predicted molar refractivity (Wildman–Crippen MR) is 96.1 cm³/mol. The molecule has 0 bridgehead atoms. The topological polar surface area (TPSA) is 66.5 Å².